The molecule has 0 saturated heterocycles. The van der Waals surface area contributed by atoms with Gasteiger partial charge in [-0.15, -0.1) is 0 Å². The van der Waals surface area contributed by atoms with Gasteiger partial charge in [0.05, 0.1) is 17.0 Å². The molecule has 0 aliphatic rings. The van der Waals surface area contributed by atoms with Crippen LogP contribution in [0.3, 0.4) is 0 Å². The van der Waals surface area contributed by atoms with Crippen molar-refractivity contribution in [3.05, 3.63) is 29.3 Å². The van der Waals surface area contributed by atoms with Gasteiger partial charge in [0.15, 0.2) is 0 Å². The Balaban J connectivity index is 3.02. The zero-order valence-corrected chi connectivity index (χ0v) is 12.2. The predicted molar refractivity (Wildman–Crippen MR) is 73.2 cm³/mol. The minimum atomic E-state index is -4.67. The quantitative estimate of drug-likeness (QED) is 0.750. The maximum absolute atomic E-state index is 13.0. The van der Waals surface area contributed by atoms with E-state index in [-0.39, 0.29) is 30.9 Å². The lowest BCUT2D eigenvalue weighted by Gasteiger charge is -2.16. The second-order valence-corrected chi connectivity index (χ2v) is 6.19. The molecule has 0 atom stereocenters. The van der Waals surface area contributed by atoms with E-state index in [9.17, 15) is 21.6 Å². The molecule has 0 saturated carbocycles. The molecule has 120 valence electrons. The van der Waals surface area contributed by atoms with E-state index in [4.69, 9.17) is 10.5 Å². The Bertz CT molecular complexity index is 574. The first kappa shape index (κ1) is 17.7. The molecule has 1 aromatic rings. The van der Waals surface area contributed by atoms with Crippen molar-refractivity contribution >= 4 is 15.7 Å². The number of nitrogens with one attached hydrogen (secondary N) is 1. The van der Waals surface area contributed by atoms with E-state index >= 15 is 0 Å². The molecule has 21 heavy (non-hydrogen) atoms. The average molecular weight is 326 g/mol. The predicted octanol–water partition coefficient (Wildman–Crippen LogP) is 1.94. The van der Waals surface area contributed by atoms with Gasteiger partial charge in [0.1, 0.15) is 0 Å². The van der Waals surface area contributed by atoms with Crippen molar-refractivity contribution in [1.29, 1.82) is 0 Å². The molecule has 5 nitrogen and oxygen atoms in total. The third-order valence-corrected chi connectivity index (χ3v) is 4.01. The highest BCUT2D eigenvalue weighted by Crippen LogP contribution is 2.35. The standard InChI is InChI=1S/C12H17F3N2O3S/c1-20-5-2-6-21(18,19)17-11-4-3-9(8-16)7-10(11)12(13,14)15/h3-4,7,17H,2,5-6,8,16H2,1H3. The number of benzene rings is 1. The molecule has 3 N–H and O–H groups in total. The summed E-state index contributed by atoms with van der Waals surface area (Å²) in [6, 6.07) is 3.26. The summed E-state index contributed by atoms with van der Waals surface area (Å²) in [5.41, 5.74) is 4.01. The van der Waals surface area contributed by atoms with Gasteiger partial charge in [-0.25, -0.2) is 8.42 Å². The molecule has 1 rings (SSSR count). The monoisotopic (exact) mass is 326 g/mol. The first-order valence-corrected chi connectivity index (χ1v) is 7.74. The van der Waals surface area contributed by atoms with Crippen molar-refractivity contribution in [3.63, 3.8) is 0 Å². The van der Waals surface area contributed by atoms with E-state index in [0.717, 1.165) is 12.1 Å². The topological polar surface area (TPSA) is 81.4 Å². The first-order valence-electron chi connectivity index (χ1n) is 6.09. The fourth-order valence-corrected chi connectivity index (χ4v) is 2.77. The summed E-state index contributed by atoms with van der Waals surface area (Å²) in [6.07, 6.45) is -4.48. The summed E-state index contributed by atoms with van der Waals surface area (Å²) in [7, 11) is -2.46. The van der Waals surface area contributed by atoms with Crippen LogP contribution in [0.1, 0.15) is 17.5 Å². The van der Waals surface area contributed by atoms with E-state index < -0.39 is 27.5 Å². The maximum Gasteiger partial charge on any atom is 0.418 e. The first-order chi connectivity index (χ1) is 9.69. The van der Waals surface area contributed by atoms with Crippen LogP contribution in [0, 0.1) is 0 Å². The van der Waals surface area contributed by atoms with Gasteiger partial charge < -0.3 is 10.5 Å². The van der Waals surface area contributed by atoms with Gasteiger partial charge in [-0.2, -0.15) is 13.2 Å². The molecule has 9 heteroatoms. The van der Waals surface area contributed by atoms with E-state index in [0.29, 0.717) is 0 Å². The van der Waals surface area contributed by atoms with Crippen LogP contribution in [0.15, 0.2) is 18.2 Å². The normalized spacial score (nSPS) is 12.4. The van der Waals surface area contributed by atoms with Crippen molar-refractivity contribution in [2.75, 3.05) is 24.2 Å². The zero-order chi connectivity index (χ0) is 16.1. The fourth-order valence-electron chi connectivity index (χ4n) is 1.65. The van der Waals surface area contributed by atoms with E-state index in [2.05, 4.69) is 0 Å². The van der Waals surface area contributed by atoms with Crippen LogP contribution in [0.2, 0.25) is 0 Å². The Kier molecular flexibility index (Phi) is 5.99. The van der Waals surface area contributed by atoms with Crippen molar-refractivity contribution in [2.45, 2.75) is 19.1 Å². The molecule has 0 aromatic heterocycles. The van der Waals surface area contributed by atoms with Crippen LogP contribution in [-0.4, -0.2) is 27.9 Å². The van der Waals surface area contributed by atoms with E-state index in [1.165, 1.54) is 13.2 Å². The number of halogens is 3. The largest absolute Gasteiger partial charge is 0.418 e. The Morgan fingerprint density at radius 2 is 2.00 bits per heavy atom. The van der Waals surface area contributed by atoms with Crippen molar-refractivity contribution in [1.82, 2.24) is 0 Å². The highest BCUT2D eigenvalue weighted by Gasteiger charge is 2.34. The number of hydrogen-bond donors (Lipinski definition) is 2. The fraction of sp³-hybridized carbons (Fsp3) is 0.500. The van der Waals surface area contributed by atoms with Crippen LogP contribution in [0.4, 0.5) is 18.9 Å². The zero-order valence-electron chi connectivity index (χ0n) is 11.4. The lowest BCUT2D eigenvalue weighted by molar-refractivity contribution is -0.136. The van der Waals surface area contributed by atoms with E-state index in [1.54, 1.807) is 0 Å². The SMILES string of the molecule is COCCCS(=O)(=O)Nc1ccc(CN)cc1C(F)(F)F. The number of anilines is 1. The maximum atomic E-state index is 13.0. The smallest absolute Gasteiger partial charge is 0.385 e. The van der Waals surface area contributed by atoms with Crippen molar-refractivity contribution in [3.8, 4) is 0 Å². The number of rotatable bonds is 7. The molecule has 1 aromatic carbocycles. The molecule has 0 unspecified atom stereocenters. The summed E-state index contributed by atoms with van der Waals surface area (Å²) < 4.78 is 69.0. The van der Waals surface area contributed by atoms with Gasteiger partial charge in [0.2, 0.25) is 10.0 Å². The summed E-state index contributed by atoms with van der Waals surface area (Å²) in [6.45, 7) is 0.142. The third-order valence-electron chi connectivity index (χ3n) is 2.65. The van der Waals surface area contributed by atoms with Crippen molar-refractivity contribution in [2.24, 2.45) is 5.73 Å². The minimum Gasteiger partial charge on any atom is -0.385 e. The molecule has 0 amide bonds. The van der Waals surface area contributed by atoms with Gasteiger partial charge in [-0.05, 0) is 24.1 Å². The minimum absolute atomic E-state index is 0.0655. The average Bonchev–Trinajstić information content (AvgIpc) is 2.37. The molecule has 0 aliphatic heterocycles. The Hall–Kier alpha value is -1.32. The van der Waals surface area contributed by atoms with Gasteiger partial charge in [-0.1, -0.05) is 6.07 Å². The van der Waals surface area contributed by atoms with Crippen LogP contribution in [0.5, 0.6) is 0 Å². The molecule has 0 aliphatic carbocycles. The van der Waals surface area contributed by atoms with E-state index in [1.807, 2.05) is 4.72 Å². The summed E-state index contributed by atoms with van der Waals surface area (Å²) in [5.74, 6) is -0.323. The van der Waals surface area contributed by atoms with Crippen LogP contribution in [0.25, 0.3) is 0 Å². The lowest BCUT2D eigenvalue weighted by Crippen LogP contribution is -2.20. The highest BCUT2D eigenvalue weighted by molar-refractivity contribution is 7.92. The number of hydrogen-bond acceptors (Lipinski definition) is 4. The molecule has 0 fully saturated rings. The molecular weight excluding hydrogens is 309 g/mol. The van der Waals surface area contributed by atoms with Gasteiger partial charge in [-0.3, -0.25) is 4.72 Å². The molecular formula is C12H17F3N2O3S. The lowest BCUT2D eigenvalue weighted by atomic mass is 10.1. The summed E-state index contributed by atoms with van der Waals surface area (Å²) in [5, 5.41) is 0. The summed E-state index contributed by atoms with van der Waals surface area (Å²) in [4.78, 5) is 0. The Labute approximate surface area is 121 Å². The van der Waals surface area contributed by atoms with Crippen LogP contribution >= 0.6 is 0 Å². The molecule has 0 spiro atoms. The molecule has 0 bridgehead atoms. The van der Waals surface area contributed by atoms with Gasteiger partial charge in [0.25, 0.3) is 0 Å². The number of methoxy groups -OCH3 is 1. The number of nitrogens with two attached hydrogens (primary N) is 1. The number of ether oxygens (including phenoxy) is 1. The molecule has 0 radical (unpaired) electrons. The third kappa shape index (κ3) is 5.52. The Morgan fingerprint density at radius 3 is 2.52 bits per heavy atom. The molecule has 0 heterocycles. The Morgan fingerprint density at radius 1 is 1.33 bits per heavy atom. The van der Waals surface area contributed by atoms with Crippen molar-refractivity contribution < 1.29 is 26.3 Å². The van der Waals surface area contributed by atoms with Gasteiger partial charge in [0, 0.05) is 20.3 Å². The second kappa shape index (κ2) is 7.10. The highest BCUT2D eigenvalue weighted by atomic mass is 32.2. The van der Waals surface area contributed by atoms with Crippen LogP contribution in [-0.2, 0) is 27.5 Å². The number of sulfonamides is 1. The second-order valence-electron chi connectivity index (χ2n) is 4.35. The van der Waals surface area contributed by atoms with Gasteiger partial charge >= 0.3 is 6.18 Å². The summed E-state index contributed by atoms with van der Waals surface area (Å²) >= 11 is 0. The number of alkyl halides is 3. The van der Waals surface area contributed by atoms with Crippen LogP contribution < -0.4 is 10.5 Å².